The second-order valence-electron chi connectivity index (χ2n) is 5.24. The van der Waals surface area contributed by atoms with Crippen molar-refractivity contribution in [1.29, 1.82) is 0 Å². The molecule has 3 aromatic rings. The Bertz CT molecular complexity index is 965. The molecule has 32 heavy (non-hydrogen) atoms. The summed E-state index contributed by atoms with van der Waals surface area (Å²) in [6, 6.07) is 4.26. The Kier molecular flexibility index (Phi) is 22.0. The van der Waals surface area contributed by atoms with Gasteiger partial charge in [0, 0.05) is 30.5 Å². The minimum absolute atomic E-state index is 0. The second-order valence-corrected chi connectivity index (χ2v) is 6.09. The van der Waals surface area contributed by atoms with Crippen LogP contribution in [0, 0.1) is 5.82 Å². The number of ketones is 2. The summed E-state index contributed by atoms with van der Waals surface area (Å²) in [5.41, 5.74) is 1.33. The van der Waals surface area contributed by atoms with Crippen molar-refractivity contribution in [2.75, 3.05) is 21.3 Å². The van der Waals surface area contributed by atoms with Crippen LogP contribution in [0.3, 0.4) is 0 Å². The van der Waals surface area contributed by atoms with Gasteiger partial charge in [0.05, 0.1) is 11.1 Å². The normalized spacial score (nSPS) is 8.84. The van der Waals surface area contributed by atoms with Crippen LogP contribution in [0.5, 0.6) is 0 Å². The van der Waals surface area contributed by atoms with Gasteiger partial charge in [-0.3, -0.25) is 9.59 Å². The summed E-state index contributed by atoms with van der Waals surface area (Å²) in [7, 11) is 3.04. The van der Waals surface area contributed by atoms with E-state index in [-0.39, 0.29) is 88.1 Å². The topological polar surface area (TPSA) is 124 Å². The number of fused-ring (bicyclic) bond motifs is 1. The molecule has 0 amide bonds. The summed E-state index contributed by atoms with van der Waals surface area (Å²) >= 11 is 1.12. The molecule has 0 N–H and O–H groups in total. The molecule has 0 aliphatic rings. The molecule has 164 valence electrons. The number of hydrogen-bond acceptors (Lipinski definition) is 8. The smallest absolute Gasteiger partial charge is 0.857 e. The molecule has 0 spiro atoms. The monoisotopic (exact) mass is 484 g/mol. The first-order valence-corrected chi connectivity index (χ1v) is 9.34. The van der Waals surface area contributed by atoms with Gasteiger partial charge in [-0.25, -0.2) is 9.37 Å². The fourth-order valence-electron chi connectivity index (χ4n) is 2.50. The molecule has 0 aliphatic heterocycles. The summed E-state index contributed by atoms with van der Waals surface area (Å²) in [4.78, 5) is 36.6. The van der Waals surface area contributed by atoms with Gasteiger partial charge in [0.2, 0.25) is 5.78 Å². The molecule has 1 aromatic carbocycles. The molecule has 12 heteroatoms. The van der Waals surface area contributed by atoms with Gasteiger partial charge in [-0.2, -0.15) is 14.2 Å². The van der Waals surface area contributed by atoms with E-state index in [1.165, 1.54) is 12.1 Å². The zero-order chi connectivity index (χ0) is 23.3. The van der Waals surface area contributed by atoms with Crippen LogP contribution in [-0.2, 0) is 16.3 Å². The molecule has 0 unspecified atom stereocenters. The molecule has 2 aromatic heterocycles. The minimum Gasteiger partial charge on any atom is -0.857 e. The van der Waals surface area contributed by atoms with Crippen LogP contribution < -0.4 is 69.3 Å². The van der Waals surface area contributed by atoms with E-state index in [2.05, 4.69) is 4.98 Å². The number of ether oxygens (including phenoxy) is 1. The molecule has 0 atom stereocenters. The molecule has 8 nitrogen and oxygen atoms in total. The van der Waals surface area contributed by atoms with Gasteiger partial charge >= 0.3 is 59.1 Å². The van der Waals surface area contributed by atoms with Gasteiger partial charge in [-0.05, 0) is 18.2 Å². The Morgan fingerprint density at radius 2 is 1.78 bits per heavy atom. The molecule has 0 aliphatic carbocycles. The first-order valence-electron chi connectivity index (χ1n) is 8.46. The van der Waals surface area contributed by atoms with Crippen molar-refractivity contribution in [1.82, 2.24) is 9.55 Å². The van der Waals surface area contributed by atoms with E-state index in [0.29, 0.717) is 22.9 Å². The summed E-state index contributed by atoms with van der Waals surface area (Å²) < 4.78 is 20.5. The number of rotatable bonds is 6. The molecular weight excluding hydrogens is 461 g/mol. The maximum Gasteiger partial charge on any atom is 1.00 e. The van der Waals surface area contributed by atoms with E-state index < -0.39 is 5.82 Å². The average Bonchev–Trinajstić information content (AvgIpc) is 3.43. The Balaban J connectivity index is -0.000000971. The number of methoxy groups -OCH3 is 1. The fourth-order valence-corrected chi connectivity index (χ4v) is 3.27. The molecule has 0 saturated carbocycles. The predicted molar refractivity (Wildman–Crippen MR) is 108 cm³/mol. The summed E-state index contributed by atoms with van der Waals surface area (Å²) in [6.45, 7) is 3.98. The maximum absolute atomic E-state index is 13.6. The number of Topliss-reactive ketones (excluding diaryl/α,β-unsaturated/α-hetero) is 1. The number of carbonyl (C=O) groups excluding carboxylic acids is 3. The van der Waals surface area contributed by atoms with Crippen LogP contribution in [0.4, 0.5) is 4.39 Å². The number of aromatic nitrogens is 2. The molecule has 0 fully saturated rings. The third-order valence-corrected chi connectivity index (χ3v) is 4.50. The van der Waals surface area contributed by atoms with Gasteiger partial charge in [-0.15, -0.1) is 11.3 Å². The third kappa shape index (κ3) is 9.22. The summed E-state index contributed by atoms with van der Waals surface area (Å²) in [5, 5.41) is 18.8. The largest absolute Gasteiger partial charge is 1.00 e. The molecule has 2 heterocycles. The van der Waals surface area contributed by atoms with Crippen LogP contribution >= 0.6 is 11.3 Å². The van der Waals surface area contributed by atoms with Gasteiger partial charge in [0.25, 0.3) is 0 Å². The quantitative estimate of drug-likeness (QED) is 0.255. The average molecular weight is 484 g/mol. The zero-order valence-electron chi connectivity index (χ0n) is 19.1. The Morgan fingerprint density at radius 1 is 1.19 bits per heavy atom. The molecular formula is C20H23FN2Na2O6S. The van der Waals surface area contributed by atoms with Gasteiger partial charge in [0.1, 0.15) is 25.0 Å². The number of halogens is 1. The number of hydrogen-bond donors (Lipinski definition) is 0. The molecule has 0 bridgehead atoms. The number of thiazole rings is 1. The number of carbonyl (C=O) groups is 3. The summed E-state index contributed by atoms with van der Waals surface area (Å²) in [5.74, 6) is -0.869. The van der Waals surface area contributed by atoms with Crippen LogP contribution in [0.15, 0.2) is 29.8 Å². The predicted octanol–water partition coefficient (Wildman–Crippen LogP) is -4.56. The van der Waals surface area contributed by atoms with Crippen LogP contribution in [0.25, 0.3) is 10.9 Å². The SMILES string of the molecule is C=O.CCC(=O)c1csc(C(=O)c2cn(COC)c3ccc(F)cc23)n1.C[O-].C[O-].[Na+].[Na+]. The number of benzene rings is 1. The van der Waals surface area contributed by atoms with Gasteiger partial charge < -0.3 is 24.3 Å². The number of nitrogens with zero attached hydrogens (tertiary/aromatic N) is 2. The minimum atomic E-state index is -0.423. The Labute approximate surface area is 234 Å². The first-order chi connectivity index (χ1) is 14.5. The first kappa shape index (κ1) is 35.8. The zero-order valence-corrected chi connectivity index (χ0v) is 24.0. The van der Waals surface area contributed by atoms with E-state index in [9.17, 15) is 14.0 Å². The van der Waals surface area contributed by atoms with E-state index in [1.807, 2.05) is 6.79 Å². The van der Waals surface area contributed by atoms with Crippen molar-refractivity contribution in [3.05, 3.63) is 51.9 Å². The third-order valence-electron chi connectivity index (χ3n) is 3.66. The summed E-state index contributed by atoms with van der Waals surface area (Å²) in [6.07, 6.45) is 1.95. The maximum atomic E-state index is 13.6. The van der Waals surface area contributed by atoms with Crippen molar-refractivity contribution in [2.24, 2.45) is 0 Å². The van der Waals surface area contributed by atoms with Crippen molar-refractivity contribution >= 4 is 40.6 Å². The van der Waals surface area contributed by atoms with E-state index in [4.69, 9.17) is 19.7 Å². The van der Waals surface area contributed by atoms with Crippen LogP contribution in [0.1, 0.15) is 39.2 Å². The standard InChI is InChI=1S/C17H15FN2O3S.2CH3O.CH2O.2Na/c1-3-15(21)13-8-24-17(19-13)16(22)12-7-20(9-23-2)14-5-4-10(18)6-11(12)14;3*1-2;;/h4-8H,3,9H2,1-2H3;2*1H3;1H2;;/q;2*-1;;2*+1. The second kappa shape index (κ2) is 19.7. The Morgan fingerprint density at radius 3 is 2.31 bits per heavy atom. The van der Waals surface area contributed by atoms with Crippen molar-refractivity contribution in [3.8, 4) is 0 Å². The van der Waals surface area contributed by atoms with Crippen molar-refractivity contribution < 1.29 is 92.8 Å². The van der Waals surface area contributed by atoms with Crippen LogP contribution in [0.2, 0.25) is 0 Å². The molecule has 3 rings (SSSR count). The van der Waals surface area contributed by atoms with Crippen molar-refractivity contribution in [2.45, 2.75) is 20.1 Å². The van der Waals surface area contributed by atoms with E-state index in [1.54, 1.807) is 36.2 Å². The fraction of sp³-hybridized carbons (Fsp3) is 0.300. The van der Waals surface area contributed by atoms with Gasteiger partial charge in [0.15, 0.2) is 10.8 Å². The van der Waals surface area contributed by atoms with E-state index >= 15 is 0 Å². The Hall–Kier alpha value is -0.790. The van der Waals surface area contributed by atoms with Crippen LogP contribution in [-0.4, -0.2) is 49.2 Å². The van der Waals surface area contributed by atoms with Crippen molar-refractivity contribution in [3.63, 3.8) is 0 Å². The van der Waals surface area contributed by atoms with Gasteiger partial charge in [-0.1, -0.05) is 6.92 Å². The van der Waals surface area contributed by atoms with E-state index in [0.717, 1.165) is 25.6 Å². The molecule has 0 saturated heterocycles. The molecule has 0 radical (unpaired) electrons.